The quantitative estimate of drug-likeness (QED) is 0.529. The van der Waals surface area contributed by atoms with Crippen LogP contribution in [0.15, 0.2) is 48.8 Å². The van der Waals surface area contributed by atoms with Crippen LogP contribution in [0.25, 0.3) is 16.9 Å². The largest absolute Gasteiger partial charge is 0.314 e. The molecule has 0 aliphatic rings. The summed E-state index contributed by atoms with van der Waals surface area (Å²) in [5, 5.41) is 0. The molecule has 5 heteroatoms. The molecule has 5 nitrogen and oxygen atoms in total. The van der Waals surface area contributed by atoms with Crippen LogP contribution in [-0.4, -0.2) is 26.7 Å². The Hall–Kier alpha value is -3.08. The maximum atomic E-state index is 12.5. The van der Waals surface area contributed by atoms with Crippen molar-refractivity contribution in [3.63, 3.8) is 0 Å². The average molecular weight is 334 g/mol. The van der Waals surface area contributed by atoms with E-state index in [-0.39, 0.29) is 17.3 Å². The fourth-order valence-electron chi connectivity index (χ4n) is 3.33. The van der Waals surface area contributed by atoms with E-state index in [4.69, 9.17) is 0 Å². The molecule has 0 atom stereocenters. The summed E-state index contributed by atoms with van der Waals surface area (Å²) in [5.74, 6) is -1.72. The van der Waals surface area contributed by atoms with Gasteiger partial charge in [-0.3, -0.25) is 19.4 Å². The van der Waals surface area contributed by atoms with E-state index in [0.29, 0.717) is 28.0 Å². The highest BCUT2D eigenvalue weighted by Gasteiger charge is 2.32. The molecule has 3 aromatic rings. The highest BCUT2D eigenvalue weighted by Crippen LogP contribution is 2.36. The molecular formula is C20H18N2O3. The smallest absolute Gasteiger partial charge is 0.162 e. The fraction of sp³-hybridized carbons (Fsp3) is 0.200. The van der Waals surface area contributed by atoms with Crippen molar-refractivity contribution >= 4 is 22.9 Å². The van der Waals surface area contributed by atoms with Crippen molar-refractivity contribution in [2.24, 2.45) is 0 Å². The van der Waals surface area contributed by atoms with E-state index in [1.165, 1.54) is 20.8 Å². The van der Waals surface area contributed by atoms with Crippen LogP contribution in [-0.2, 0) is 9.59 Å². The normalized spacial score (nSPS) is 11.0. The van der Waals surface area contributed by atoms with E-state index in [2.05, 4.69) is 4.98 Å². The van der Waals surface area contributed by atoms with Crippen LogP contribution in [0.3, 0.4) is 0 Å². The monoisotopic (exact) mass is 334 g/mol. The third-order valence-corrected chi connectivity index (χ3v) is 4.24. The Morgan fingerprint density at radius 3 is 2.20 bits per heavy atom. The van der Waals surface area contributed by atoms with Gasteiger partial charge in [-0.05, 0) is 45.0 Å². The maximum Gasteiger partial charge on any atom is 0.162 e. The summed E-state index contributed by atoms with van der Waals surface area (Å²) in [6, 6.07) is 10.9. The van der Waals surface area contributed by atoms with E-state index < -0.39 is 5.92 Å². The predicted molar refractivity (Wildman–Crippen MR) is 94.7 cm³/mol. The fourth-order valence-corrected chi connectivity index (χ4v) is 3.33. The second kappa shape index (κ2) is 6.43. The first-order chi connectivity index (χ1) is 11.9. The van der Waals surface area contributed by atoms with Gasteiger partial charge in [0, 0.05) is 23.5 Å². The number of pyridine rings is 2. The van der Waals surface area contributed by atoms with E-state index in [9.17, 15) is 14.4 Å². The molecule has 3 aromatic heterocycles. The molecule has 0 spiro atoms. The summed E-state index contributed by atoms with van der Waals surface area (Å²) in [7, 11) is 0. The SMILES string of the molecule is CC(=O)c1c(C(C(C)=O)C(C)=O)c2ccccn2c1-c1ccccn1. The number of carbonyl (C=O) groups is 3. The number of Topliss-reactive ketones (excluding diaryl/α,β-unsaturated/α-hetero) is 3. The lowest BCUT2D eigenvalue weighted by Crippen LogP contribution is -2.19. The lowest BCUT2D eigenvalue weighted by atomic mass is 9.87. The summed E-state index contributed by atoms with van der Waals surface area (Å²) >= 11 is 0. The Morgan fingerprint density at radius 2 is 1.64 bits per heavy atom. The zero-order valence-electron chi connectivity index (χ0n) is 14.3. The van der Waals surface area contributed by atoms with Crippen molar-refractivity contribution in [2.75, 3.05) is 0 Å². The minimum atomic E-state index is -0.964. The number of rotatable bonds is 5. The van der Waals surface area contributed by atoms with Gasteiger partial charge in [0.1, 0.15) is 17.5 Å². The maximum absolute atomic E-state index is 12.5. The molecule has 0 N–H and O–H groups in total. The van der Waals surface area contributed by atoms with E-state index in [1.807, 2.05) is 40.9 Å². The van der Waals surface area contributed by atoms with Crippen LogP contribution in [0.4, 0.5) is 0 Å². The number of ketones is 3. The molecule has 0 bridgehead atoms. The van der Waals surface area contributed by atoms with Gasteiger partial charge in [-0.2, -0.15) is 0 Å². The average Bonchev–Trinajstić information content (AvgIpc) is 2.90. The number of hydrogen-bond donors (Lipinski definition) is 0. The van der Waals surface area contributed by atoms with Crippen molar-refractivity contribution < 1.29 is 14.4 Å². The standard InChI is InChI=1S/C20H18N2O3/c1-12(23)17(13(2)24)19-16-9-5-7-11-22(16)20(18(19)14(3)25)15-8-4-6-10-21-15/h4-11,17H,1-3H3. The zero-order chi connectivity index (χ0) is 18.1. The summed E-state index contributed by atoms with van der Waals surface area (Å²) in [4.78, 5) is 41.3. The zero-order valence-corrected chi connectivity index (χ0v) is 14.3. The van der Waals surface area contributed by atoms with Crippen LogP contribution in [0.2, 0.25) is 0 Å². The van der Waals surface area contributed by atoms with Gasteiger partial charge >= 0.3 is 0 Å². The molecule has 0 aliphatic carbocycles. The van der Waals surface area contributed by atoms with Gasteiger partial charge < -0.3 is 4.40 Å². The Bertz CT molecular complexity index is 973. The topological polar surface area (TPSA) is 68.5 Å². The van der Waals surface area contributed by atoms with Crippen molar-refractivity contribution in [2.45, 2.75) is 26.7 Å². The first kappa shape index (κ1) is 16.8. The Balaban J connectivity index is 2.50. The summed E-state index contributed by atoms with van der Waals surface area (Å²) in [5.41, 5.74) is 2.73. The van der Waals surface area contributed by atoms with Crippen LogP contribution in [0.1, 0.15) is 42.6 Å². The van der Waals surface area contributed by atoms with Gasteiger partial charge in [-0.1, -0.05) is 12.1 Å². The molecule has 126 valence electrons. The molecule has 0 unspecified atom stereocenters. The minimum Gasteiger partial charge on any atom is -0.314 e. The minimum absolute atomic E-state index is 0.202. The van der Waals surface area contributed by atoms with Gasteiger partial charge in [0.15, 0.2) is 5.78 Å². The van der Waals surface area contributed by atoms with Gasteiger partial charge in [0.05, 0.1) is 16.9 Å². The van der Waals surface area contributed by atoms with E-state index >= 15 is 0 Å². The predicted octanol–water partition coefficient (Wildman–Crippen LogP) is 3.47. The van der Waals surface area contributed by atoms with Crippen molar-refractivity contribution in [3.05, 3.63) is 59.9 Å². The molecule has 0 fully saturated rings. The number of hydrogen-bond acceptors (Lipinski definition) is 4. The Labute approximate surface area is 145 Å². The van der Waals surface area contributed by atoms with Gasteiger partial charge in [-0.15, -0.1) is 0 Å². The van der Waals surface area contributed by atoms with Gasteiger partial charge in [0.25, 0.3) is 0 Å². The van der Waals surface area contributed by atoms with Gasteiger partial charge in [-0.25, -0.2) is 0 Å². The second-order valence-corrected chi connectivity index (χ2v) is 6.02. The molecular weight excluding hydrogens is 316 g/mol. The van der Waals surface area contributed by atoms with Crippen molar-refractivity contribution in [1.29, 1.82) is 0 Å². The number of fused-ring (bicyclic) bond motifs is 1. The van der Waals surface area contributed by atoms with Crippen LogP contribution in [0.5, 0.6) is 0 Å². The van der Waals surface area contributed by atoms with E-state index in [0.717, 1.165) is 0 Å². The molecule has 3 rings (SSSR count). The van der Waals surface area contributed by atoms with E-state index in [1.54, 1.807) is 12.3 Å². The number of aromatic nitrogens is 2. The second-order valence-electron chi connectivity index (χ2n) is 6.02. The molecule has 0 saturated heterocycles. The molecule has 3 heterocycles. The van der Waals surface area contributed by atoms with Crippen LogP contribution < -0.4 is 0 Å². The highest BCUT2D eigenvalue weighted by molar-refractivity contribution is 6.13. The molecule has 0 aromatic carbocycles. The lowest BCUT2D eigenvalue weighted by molar-refractivity contribution is -0.126. The Morgan fingerprint density at radius 1 is 0.960 bits per heavy atom. The first-order valence-electron chi connectivity index (χ1n) is 7.99. The van der Waals surface area contributed by atoms with Gasteiger partial charge in [0.2, 0.25) is 0 Å². The molecule has 25 heavy (non-hydrogen) atoms. The molecule has 0 saturated carbocycles. The lowest BCUT2D eigenvalue weighted by Gasteiger charge is -2.12. The number of nitrogens with zero attached hydrogens (tertiary/aromatic N) is 2. The first-order valence-corrected chi connectivity index (χ1v) is 7.99. The summed E-state index contributed by atoms with van der Waals surface area (Å²) in [6.45, 7) is 4.20. The number of carbonyl (C=O) groups excluding carboxylic acids is 3. The summed E-state index contributed by atoms with van der Waals surface area (Å²) < 4.78 is 1.83. The van der Waals surface area contributed by atoms with Crippen LogP contribution >= 0.6 is 0 Å². The van der Waals surface area contributed by atoms with Crippen molar-refractivity contribution in [1.82, 2.24) is 9.38 Å². The molecule has 0 radical (unpaired) electrons. The third kappa shape index (κ3) is 2.78. The van der Waals surface area contributed by atoms with Crippen LogP contribution in [0, 0.1) is 0 Å². The van der Waals surface area contributed by atoms with Crippen molar-refractivity contribution in [3.8, 4) is 11.4 Å². The molecule has 0 amide bonds. The Kier molecular flexibility index (Phi) is 4.31. The third-order valence-electron chi connectivity index (χ3n) is 4.24. The summed E-state index contributed by atoms with van der Waals surface area (Å²) in [6.07, 6.45) is 3.46. The highest BCUT2D eigenvalue weighted by atomic mass is 16.1. The molecule has 0 aliphatic heterocycles.